The van der Waals surface area contributed by atoms with Gasteiger partial charge in [-0.1, -0.05) is 26.0 Å². The van der Waals surface area contributed by atoms with E-state index in [9.17, 15) is 0 Å². The van der Waals surface area contributed by atoms with Gasteiger partial charge in [-0.15, -0.1) is 5.10 Å². The van der Waals surface area contributed by atoms with E-state index in [1.165, 1.54) is 11.3 Å². The number of rotatable bonds is 7. The minimum atomic E-state index is 0.0945. The Kier molecular flexibility index (Phi) is 6.44. The van der Waals surface area contributed by atoms with Gasteiger partial charge in [0.2, 0.25) is 0 Å². The lowest BCUT2D eigenvalue weighted by Gasteiger charge is -2.37. The van der Waals surface area contributed by atoms with E-state index in [2.05, 4.69) is 89.5 Å². The Morgan fingerprint density at radius 1 is 1.04 bits per heavy atom. The zero-order valence-electron chi connectivity index (χ0n) is 17.3. The van der Waals surface area contributed by atoms with Crippen molar-refractivity contribution in [3.05, 3.63) is 35.7 Å². The van der Waals surface area contributed by atoms with Crippen LogP contribution in [0.15, 0.2) is 24.3 Å². The number of anilines is 1. The quantitative estimate of drug-likeness (QED) is 0.743. The predicted molar refractivity (Wildman–Crippen MR) is 109 cm³/mol. The Morgan fingerprint density at radius 2 is 1.70 bits per heavy atom. The molecule has 0 saturated carbocycles. The van der Waals surface area contributed by atoms with Crippen LogP contribution in [-0.2, 0) is 6.54 Å². The fraction of sp³-hybridized carbons (Fsp3) is 0.650. The first kappa shape index (κ1) is 19.8. The lowest BCUT2D eigenvalue weighted by molar-refractivity contribution is 0.121. The third kappa shape index (κ3) is 4.84. The van der Waals surface area contributed by atoms with Crippen LogP contribution in [-0.4, -0.2) is 77.3 Å². The van der Waals surface area contributed by atoms with E-state index in [0.29, 0.717) is 5.92 Å². The summed E-state index contributed by atoms with van der Waals surface area (Å²) in [5.41, 5.74) is 2.46. The first-order valence-corrected chi connectivity index (χ1v) is 9.91. The molecule has 1 atom stereocenters. The molecule has 7 nitrogen and oxygen atoms in total. The van der Waals surface area contributed by atoms with Gasteiger partial charge in [-0.25, -0.2) is 4.68 Å². The fourth-order valence-corrected chi connectivity index (χ4v) is 3.51. The van der Waals surface area contributed by atoms with Crippen molar-refractivity contribution in [3.63, 3.8) is 0 Å². The summed E-state index contributed by atoms with van der Waals surface area (Å²) in [4.78, 5) is 7.02. The lowest BCUT2D eigenvalue weighted by atomic mass is 10.0. The Balaban J connectivity index is 1.92. The molecule has 1 fully saturated rings. The molecule has 1 saturated heterocycles. The first-order valence-electron chi connectivity index (χ1n) is 9.91. The van der Waals surface area contributed by atoms with E-state index in [1.807, 2.05) is 4.68 Å². The number of benzene rings is 1. The fourth-order valence-electron chi connectivity index (χ4n) is 3.51. The summed E-state index contributed by atoms with van der Waals surface area (Å²) in [6.45, 7) is 9.52. The number of nitrogens with zero attached hydrogens (tertiary/aromatic N) is 7. The molecule has 0 amide bonds. The molecule has 1 aliphatic rings. The largest absolute Gasteiger partial charge is 0.378 e. The topological polar surface area (TPSA) is 53.3 Å². The van der Waals surface area contributed by atoms with Crippen LogP contribution in [0, 0.1) is 5.92 Å². The van der Waals surface area contributed by atoms with Crippen LogP contribution < -0.4 is 4.90 Å². The summed E-state index contributed by atoms with van der Waals surface area (Å²) in [6.07, 6.45) is 1.08. The van der Waals surface area contributed by atoms with Crippen molar-refractivity contribution < 1.29 is 0 Å². The third-order valence-electron chi connectivity index (χ3n) is 5.35. The highest BCUT2D eigenvalue weighted by Crippen LogP contribution is 2.29. The Hall–Kier alpha value is -1.99. The van der Waals surface area contributed by atoms with Crippen molar-refractivity contribution in [1.29, 1.82) is 0 Å². The van der Waals surface area contributed by atoms with Crippen LogP contribution >= 0.6 is 0 Å². The molecule has 2 aromatic rings. The molecule has 0 aliphatic carbocycles. The van der Waals surface area contributed by atoms with Gasteiger partial charge in [-0.3, -0.25) is 4.90 Å². The van der Waals surface area contributed by atoms with Gasteiger partial charge >= 0.3 is 0 Å². The molecule has 3 rings (SSSR count). The second-order valence-corrected chi connectivity index (χ2v) is 8.17. The molecule has 0 N–H and O–H groups in total. The Labute approximate surface area is 162 Å². The second kappa shape index (κ2) is 8.80. The number of hydrogen-bond donors (Lipinski definition) is 0. The molecule has 1 aromatic carbocycles. The van der Waals surface area contributed by atoms with Gasteiger partial charge in [0.25, 0.3) is 0 Å². The molecule has 0 bridgehead atoms. The molecule has 7 heteroatoms. The average Bonchev–Trinajstić information content (AvgIpc) is 3.10. The van der Waals surface area contributed by atoms with Gasteiger partial charge in [-0.05, 0) is 47.5 Å². The molecule has 1 aliphatic heterocycles. The van der Waals surface area contributed by atoms with Crippen LogP contribution in [0.1, 0.15) is 37.7 Å². The summed E-state index contributed by atoms with van der Waals surface area (Å²) in [5.74, 6) is 1.58. The van der Waals surface area contributed by atoms with E-state index in [0.717, 1.165) is 45.0 Å². The molecule has 0 spiro atoms. The number of piperazine rings is 1. The zero-order chi connectivity index (χ0) is 19.4. The number of hydrogen-bond acceptors (Lipinski definition) is 6. The summed E-state index contributed by atoms with van der Waals surface area (Å²) >= 11 is 0. The van der Waals surface area contributed by atoms with Crippen LogP contribution in [0.3, 0.4) is 0 Å². The monoisotopic (exact) mass is 371 g/mol. The second-order valence-electron chi connectivity index (χ2n) is 8.17. The number of likely N-dealkylation sites (N-methyl/N-ethyl adjacent to an activating group) is 1. The van der Waals surface area contributed by atoms with Gasteiger partial charge in [0.1, 0.15) is 0 Å². The van der Waals surface area contributed by atoms with Crippen molar-refractivity contribution in [1.82, 2.24) is 30.0 Å². The van der Waals surface area contributed by atoms with Crippen LogP contribution in [0.5, 0.6) is 0 Å². The third-order valence-corrected chi connectivity index (χ3v) is 5.35. The molecule has 148 valence electrons. The van der Waals surface area contributed by atoms with E-state index < -0.39 is 0 Å². The van der Waals surface area contributed by atoms with Gasteiger partial charge in [-0.2, -0.15) is 0 Å². The summed E-state index contributed by atoms with van der Waals surface area (Å²) in [6, 6.07) is 8.90. The maximum atomic E-state index is 4.46. The minimum Gasteiger partial charge on any atom is -0.378 e. The average molecular weight is 372 g/mol. The van der Waals surface area contributed by atoms with Gasteiger partial charge in [0.15, 0.2) is 5.82 Å². The smallest absolute Gasteiger partial charge is 0.173 e. The molecule has 1 aromatic heterocycles. The molecule has 0 radical (unpaired) electrons. The van der Waals surface area contributed by atoms with E-state index in [-0.39, 0.29) is 6.04 Å². The van der Waals surface area contributed by atoms with E-state index in [1.54, 1.807) is 0 Å². The summed E-state index contributed by atoms with van der Waals surface area (Å²) in [5, 5.41) is 12.8. The molecule has 2 heterocycles. The number of aromatic nitrogens is 4. The van der Waals surface area contributed by atoms with Crippen molar-refractivity contribution in [2.45, 2.75) is 32.9 Å². The maximum Gasteiger partial charge on any atom is 0.173 e. The number of aryl methyl sites for hydroxylation is 1. The Bertz CT molecular complexity index is 699. The predicted octanol–water partition coefficient (Wildman–Crippen LogP) is 2.12. The van der Waals surface area contributed by atoms with Crippen molar-refractivity contribution >= 4 is 5.69 Å². The molecule has 1 unspecified atom stereocenters. The SMILES string of the molecule is CC(C)CCn1nnnc1C(c1ccc(N(C)C)cc1)N1CCN(C)CC1. The summed E-state index contributed by atoms with van der Waals surface area (Å²) in [7, 11) is 6.32. The lowest BCUT2D eigenvalue weighted by Crippen LogP contribution is -2.46. The van der Waals surface area contributed by atoms with Crippen molar-refractivity contribution in [3.8, 4) is 0 Å². The molecular formula is C20H33N7. The number of tetrazole rings is 1. The van der Waals surface area contributed by atoms with Gasteiger partial charge in [0, 0.05) is 52.5 Å². The molecular weight excluding hydrogens is 338 g/mol. The first-order chi connectivity index (χ1) is 13.0. The van der Waals surface area contributed by atoms with Crippen molar-refractivity contribution in [2.24, 2.45) is 5.92 Å². The molecule has 27 heavy (non-hydrogen) atoms. The van der Waals surface area contributed by atoms with Gasteiger partial charge < -0.3 is 9.80 Å². The Morgan fingerprint density at radius 3 is 2.30 bits per heavy atom. The normalized spacial score (nSPS) is 17.4. The highest BCUT2D eigenvalue weighted by atomic mass is 15.6. The minimum absolute atomic E-state index is 0.0945. The van der Waals surface area contributed by atoms with Gasteiger partial charge in [0.05, 0.1) is 6.04 Å². The summed E-state index contributed by atoms with van der Waals surface area (Å²) < 4.78 is 2.00. The highest BCUT2D eigenvalue weighted by Gasteiger charge is 2.29. The van der Waals surface area contributed by atoms with E-state index in [4.69, 9.17) is 0 Å². The van der Waals surface area contributed by atoms with Crippen LogP contribution in [0.25, 0.3) is 0 Å². The van der Waals surface area contributed by atoms with Crippen LogP contribution in [0.4, 0.5) is 5.69 Å². The van der Waals surface area contributed by atoms with E-state index >= 15 is 0 Å². The standard InChI is InChI=1S/C20H33N7/c1-16(2)10-11-27-20(21-22-23-27)19(26-14-12-25(5)13-15-26)17-6-8-18(9-7-17)24(3)4/h6-9,16,19H,10-15H2,1-5H3. The zero-order valence-corrected chi connectivity index (χ0v) is 17.3. The highest BCUT2D eigenvalue weighted by molar-refractivity contribution is 5.47. The van der Waals surface area contributed by atoms with Crippen LogP contribution in [0.2, 0.25) is 0 Å². The van der Waals surface area contributed by atoms with Crippen molar-refractivity contribution in [2.75, 3.05) is 52.2 Å². The maximum absolute atomic E-state index is 4.46.